The summed E-state index contributed by atoms with van der Waals surface area (Å²) in [6.07, 6.45) is 5.85. The lowest BCUT2D eigenvalue weighted by molar-refractivity contribution is -0.0224. The summed E-state index contributed by atoms with van der Waals surface area (Å²) in [7, 11) is 6.22. The zero-order valence-corrected chi connectivity index (χ0v) is 13.5. The number of hydrogen-bond acceptors (Lipinski definition) is 2. The van der Waals surface area contributed by atoms with Crippen LogP contribution in [0.5, 0.6) is 0 Å². The Morgan fingerprint density at radius 3 is 2.47 bits per heavy atom. The van der Waals surface area contributed by atoms with Crippen molar-refractivity contribution < 1.29 is 9.47 Å². The molecule has 0 aromatic heterocycles. The number of ether oxygens (including phenoxy) is 2. The van der Waals surface area contributed by atoms with Gasteiger partial charge in [0.25, 0.3) is 0 Å². The van der Waals surface area contributed by atoms with Crippen LogP contribution in [0.4, 0.5) is 0 Å². The molecule has 110 valence electrons. The van der Waals surface area contributed by atoms with Crippen LogP contribution < -0.4 is 0 Å². The first kappa shape index (κ1) is 17.0. The number of hydrogen-bond donors (Lipinski definition) is 0. The molecule has 0 aromatic carbocycles. The minimum Gasteiger partial charge on any atom is -0.385 e. The molecule has 19 heavy (non-hydrogen) atoms. The van der Waals surface area contributed by atoms with E-state index in [9.17, 15) is 0 Å². The van der Waals surface area contributed by atoms with Crippen LogP contribution in [-0.2, 0) is 9.47 Å². The van der Waals surface area contributed by atoms with Crippen LogP contribution >= 0.6 is 0 Å². The Kier molecular flexibility index (Phi) is 6.39. The average Bonchev–Trinajstić information content (AvgIpc) is 2.26. The van der Waals surface area contributed by atoms with E-state index >= 15 is 0 Å². The van der Waals surface area contributed by atoms with Gasteiger partial charge >= 0.3 is 0 Å². The summed E-state index contributed by atoms with van der Waals surface area (Å²) in [5.74, 6) is 0.738. The first-order valence-electron chi connectivity index (χ1n) is 7.72. The molecule has 2 nitrogen and oxygen atoms in total. The van der Waals surface area contributed by atoms with Gasteiger partial charge in [-0.15, -0.1) is 0 Å². The molecule has 2 radical (unpaired) electrons. The van der Waals surface area contributed by atoms with Crippen LogP contribution in [-0.4, -0.2) is 32.7 Å². The highest BCUT2D eigenvalue weighted by Gasteiger charge is 2.23. The molecule has 0 saturated carbocycles. The third kappa shape index (κ3) is 7.99. The Bertz CT molecular complexity index is 258. The van der Waals surface area contributed by atoms with E-state index in [1.165, 1.54) is 0 Å². The predicted octanol–water partition coefficient (Wildman–Crippen LogP) is 3.92. The van der Waals surface area contributed by atoms with Crippen molar-refractivity contribution in [1.29, 1.82) is 0 Å². The van der Waals surface area contributed by atoms with Gasteiger partial charge in [-0.3, -0.25) is 0 Å². The van der Waals surface area contributed by atoms with Crippen molar-refractivity contribution in [3.63, 3.8) is 0 Å². The van der Waals surface area contributed by atoms with E-state index < -0.39 is 5.50 Å². The van der Waals surface area contributed by atoms with Crippen molar-refractivity contribution in [1.82, 2.24) is 0 Å². The lowest BCUT2D eigenvalue weighted by Crippen LogP contribution is -2.32. The smallest absolute Gasteiger partial charge is 0.113 e. The van der Waals surface area contributed by atoms with E-state index in [1.807, 2.05) is 6.92 Å². The standard InChI is InChI=1S/C16H31BO2/c1-13-12-14(6-10-18-13)7-11-19-16(5,17)9-8-15(2,3)4/h13-14H,6-12H2,1-5H3. The molecule has 1 rings (SSSR count). The zero-order valence-electron chi connectivity index (χ0n) is 13.5. The van der Waals surface area contributed by atoms with Crippen LogP contribution in [0.25, 0.3) is 0 Å². The Hall–Kier alpha value is -0.0151. The van der Waals surface area contributed by atoms with Crippen molar-refractivity contribution in [2.45, 2.75) is 78.3 Å². The van der Waals surface area contributed by atoms with E-state index in [1.54, 1.807) is 0 Å². The molecule has 1 aliphatic heterocycles. The molecular formula is C16H31BO2. The van der Waals surface area contributed by atoms with Crippen molar-refractivity contribution in [2.24, 2.45) is 11.3 Å². The van der Waals surface area contributed by atoms with E-state index in [-0.39, 0.29) is 0 Å². The minimum absolute atomic E-state index is 0.320. The Morgan fingerprint density at radius 2 is 1.89 bits per heavy atom. The largest absolute Gasteiger partial charge is 0.385 e. The first-order chi connectivity index (χ1) is 8.68. The molecule has 1 saturated heterocycles. The first-order valence-corrected chi connectivity index (χ1v) is 7.72. The third-order valence-corrected chi connectivity index (χ3v) is 3.92. The molecule has 0 bridgehead atoms. The van der Waals surface area contributed by atoms with Gasteiger partial charge in [-0.2, -0.15) is 0 Å². The molecule has 0 aromatic rings. The summed E-state index contributed by atoms with van der Waals surface area (Å²) in [4.78, 5) is 0. The Morgan fingerprint density at radius 1 is 1.21 bits per heavy atom. The molecule has 3 atom stereocenters. The second kappa shape index (κ2) is 7.13. The van der Waals surface area contributed by atoms with Crippen LogP contribution in [0.2, 0.25) is 0 Å². The molecule has 1 aliphatic rings. The van der Waals surface area contributed by atoms with Crippen LogP contribution in [0, 0.1) is 11.3 Å². The van der Waals surface area contributed by atoms with Gasteiger partial charge in [0.2, 0.25) is 0 Å². The van der Waals surface area contributed by atoms with Crippen LogP contribution in [0.3, 0.4) is 0 Å². The molecular weight excluding hydrogens is 235 g/mol. The van der Waals surface area contributed by atoms with Crippen molar-refractivity contribution in [2.75, 3.05) is 13.2 Å². The molecule has 0 aliphatic carbocycles. The summed E-state index contributed by atoms with van der Waals surface area (Å²) in [5, 5.41) is 0. The monoisotopic (exact) mass is 266 g/mol. The number of rotatable bonds is 6. The highest BCUT2D eigenvalue weighted by molar-refractivity contribution is 6.14. The van der Waals surface area contributed by atoms with Gasteiger partial charge in [0, 0.05) is 18.7 Å². The molecule has 3 heteroatoms. The maximum Gasteiger partial charge on any atom is 0.113 e. The van der Waals surface area contributed by atoms with Gasteiger partial charge in [-0.05, 0) is 57.3 Å². The molecule has 1 fully saturated rings. The van der Waals surface area contributed by atoms with Crippen molar-refractivity contribution in [3.05, 3.63) is 0 Å². The SMILES string of the molecule is [B]C(C)(CCC(C)(C)C)OCCC1CCOC(C)C1. The van der Waals surface area contributed by atoms with Crippen LogP contribution in [0.15, 0.2) is 0 Å². The van der Waals surface area contributed by atoms with E-state index in [2.05, 4.69) is 27.7 Å². The highest BCUT2D eigenvalue weighted by Crippen LogP contribution is 2.27. The quantitative estimate of drug-likeness (QED) is 0.678. The highest BCUT2D eigenvalue weighted by atomic mass is 16.5. The lowest BCUT2D eigenvalue weighted by atomic mass is 9.75. The van der Waals surface area contributed by atoms with E-state index in [0.717, 1.165) is 51.2 Å². The summed E-state index contributed by atoms with van der Waals surface area (Å²) >= 11 is 0. The fraction of sp³-hybridized carbons (Fsp3) is 1.00. The fourth-order valence-corrected chi connectivity index (χ4v) is 2.51. The van der Waals surface area contributed by atoms with Gasteiger partial charge < -0.3 is 9.47 Å². The summed E-state index contributed by atoms with van der Waals surface area (Å²) < 4.78 is 11.5. The zero-order chi connectivity index (χ0) is 14.5. The fourth-order valence-electron chi connectivity index (χ4n) is 2.51. The van der Waals surface area contributed by atoms with Crippen molar-refractivity contribution >= 4 is 7.85 Å². The van der Waals surface area contributed by atoms with Gasteiger partial charge in [0.05, 0.1) is 6.10 Å². The Balaban J connectivity index is 2.19. The molecule has 1 heterocycles. The van der Waals surface area contributed by atoms with Gasteiger partial charge in [0.15, 0.2) is 0 Å². The molecule has 0 N–H and O–H groups in total. The Labute approximate surface area is 121 Å². The molecule has 0 amide bonds. The van der Waals surface area contributed by atoms with Gasteiger partial charge in [0.1, 0.15) is 7.85 Å². The molecule has 0 spiro atoms. The lowest BCUT2D eigenvalue weighted by Gasteiger charge is -2.32. The van der Waals surface area contributed by atoms with E-state index in [4.69, 9.17) is 17.3 Å². The predicted molar refractivity (Wildman–Crippen MR) is 81.6 cm³/mol. The topological polar surface area (TPSA) is 18.5 Å². The second-order valence-electron chi connectivity index (χ2n) is 7.58. The maximum atomic E-state index is 6.22. The second-order valence-corrected chi connectivity index (χ2v) is 7.58. The van der Waals surface area contributed by atoms with Crippen molar-refractivity contribution in [3.8, 4) is 0 Å². The summed E-state index contributed by atoms with van der Waals surface area (Å²) in [6.45, 7) is 12.6. The average molecular weight is 266 g/mol. The normalized spacial score (nSPS) is 28.1. The summed E-state index contributed by atoms with van der Waals surface area (Å²) in [6, 6.07) is 0. The maximum absolute atomic E-state index is 6.22. The van der Waals surface area contributed by atoms with E-state index in [0.29, 0.717) is 11.5 Å². The minimum atomic E-state index is -0.482. The third-order valence-electron chi connectivity index (χ3n) is 3.92. The van der Waals surface area contributed by atoms with Gasteiger partial charge in [-0.25, -0.2) is 0 Å². The van der Waals surface area contributed by atoms with Crippen LogP contribution in [0.1, 0.15) is 66.7 Å². The molecule has 3 unspecified atom stereocenters. The summed E-state index contributed by atoms with van der Waals surface area (Å²) in [5.41, 5.74) is -0.163. The van der Waals surface area contributed by atoms with Gasteiger partial charge in [-0.1, -0.05) is 20.8 Å².